The topological polar surface area (TPSA) is 110 Å². The fourth-order valence-corrected chi connectivity index (χ4v) is 3.08. The number of furan rings is 1. The first kappa shape index (κ1) is 22.3. The molecule has 4 aromatic rings. The van der Waals surface area contributed by atoms with Crippen LogP contribution in [-0.4, -0.2) is 24.3 Å². The molecule has 3 N–H and O–H groups in total. The molecular weight excluding hydrogens is 434 g/mol. The first-order valence-corrected chi connectivity index (χ1v) is 10.4. The summed E-state index contributed by atoms with van der Waals surface area (Å²) in [6.07, 6.45) is 1.42. The number of carbonyl (C=O) groups is 3. The summed E-state index contributed by atoms with van der Waals surface area (Å²) < 4.78 is 10.6. The van der Waals surface area contributed by atoms with Crippen molar-refractivity contribution < 1.29 is 23.5 Å². The molecular formula is C26H21N3O5. The molecule has 8 heteroatoms. The van der Waals surface area contributed by atoms with Crippen LogP contribution in [0, 0.1) is 0 Å². The Morgan fingerprint density at radius 3 is 2.09 bits per heavy atom. The average molecular weight is 455 g/mol. The Morgan fingerprint density at radius 2 is 1.35 bits per heavy atom. The number of anilines is 3. The summed E-state index contributed by atoms with van der Waals surface area (Å²) in [5.74, 6) is -0.411. The van der Waals surface area contributed by atoms with E-state index in [9.17, 15) is 14.4 Å². The molecule has 0 saturated carbocycles. The van der Waals surface area contributed by atoms with Crippen molar-refractivity contribution in [1.29, 1.82) is 0 Å². The second kappa shape index (κ2) is 10.6. The van der Waals surface area contributed by atoms with Gasteiger partial charge in [0.1, 0.15) is 5.75 Å². The van der Waals surface area contributed by atoms with Crippen molar-refractivity contribution in [2.45, 2.75) is 0 Å². The smallest absolute Gasteiger partial charge is 0.291 e. The van der Waals surface area contributed by atoms with E-state index in [2.05, 4.69) is 16.0 Å². The van der Waals surface area contributed by atoms with Gasteiger partial charge in [0, 0.05) is 28.7 Å². The van der Waals surface area contributed by atoms with E-state index in [4.69, 9.17) is 9.15 Å². The second-order valence-electron chi connectivity index (χ2n) is 7.20. The number of rotatable bonds is 8. The van der Waals surface area contributed by atoms with Gasteiger partial charge in [0.05, 0.1) is 6.26 Å². The van der Waals surface area contributed by atoms with Gasteiger partial charge in [0.2, 0.25) is 0 Å². The molecule has 0 saturated heterocycles. The molecule has 0 aliphatic rings. The number of hydrogen-bond donors (Lipinski definition) is 3. The maximum absolute atomic E-state index is 12.4. The summed E-state index contributed by atoms with van der Waals surface area (Å²) in [6.45, 7) is -0.240. The molecule has 3 amide bonds. The van der Waals surface area contributed by atoms with Gasteiger partial charge in [-0.25, -0.2) is 0 Å². The van der Waals surface area contributed by atoms with Gasteiger partial charge in [0.25, 0.3) is 17.7 Å². The summed E-state index contributed by atoms with van der Waals surface area (Å²) in [5.41, 5.74) is 2.10. The van der Waals surface area contributed by atoms with Crippen molar-refractivity contribution in [3.63, 3.8) is 0 Å². The van der Waals surface area contributed by atoms with Gasteiger partial charge in [-0.1, -0.05) is 30.3 Å². The van der Waals surface area contributed by atoms with E-state index in [0.717, 1.165) is 0 Å². The first-order chi connectivity index (χ1) is 16.6. The number of amides is 3. The van der Waals surface area contributed by atoms with Gasteiger partial charge in [-0.2, -0.15) is 0 Å². The lowest BCUT2D eigenvalue weighted by Crippen LogP contribution is -2.20. The van der Waals surface area contributed by atoms with Crippen LogP contribution in [0.5, 0.6) is 5.75 Å². The molecule has 0 atom stereocenters. The lowest BCUT2D eigenvalue weighted by molar-refractivity contribution is -0.118. The number of ether oxygens (including phenoxy) is 1. The predicted octanol–water partition coefficient (Wildman–Crippen LogP) is 4.80. The maximum atomic E-state index is 12.4. The van der Waals surface area contributed by atoms with Crippen LogP contribution in [-0.2, 0) is 4.79 Å². The Bertz CT molecular complexity index is 1290. The van der Waals surface area contributed by atoms with Gasteiger partial charge in [-0.3, -0.25) is 14.4 Å². The van der Waals surface area contributed by atoms with E-state index >= 15 is 0 Å². The highest BCUT2D eigenvalue weighted by molar-refractivity contribution is 6.04. The van der Waals surface area contributed by atoms with Crippen LogP contribution < -0.4 is 20.7 Å². The summed E-state index contributed by atoms with van der Waals surface area (Å²) >= 11 is 0. The molecule has 0 bridgehead atoms. The van der Waals surface area contributed by atoms with Crippen LogP contribution in [0.4, 0.5) is 17.1 Å². The van der Waals surface area contributed by atoms with Gasteiger partial charge in [-0.05, 0) is 54.6 Å². The zero-order valence-corrected chi connectivity index (χ0v) is 18.0. The van der Waals surface area contributed by atoms with Crippen LogP contribution >= 0.6 is 0 Å². The fourth-order valence-electron chi connectivity index (χ4n) is 3.08. The Kier molecular flexibility index (Phi) is 7.00. The Morgan fingerprint density at radius 1 is 0.676 bits per heavy atom. The van der Waals surface area contributed by atoms with Crippen molar-refractivity contribution >= 4 is 34.8 Å². The quantitative estimate of drug-likeness (QED) is 0.354. The summed E-state index contributed by atoms with van der Waals surface area (Å²) in [4.78, 5) is 36.8. The van der Waals surface area contributed by atoms with Crippen molar-refractivity contribution in [1.82, 2.24) is 0 Å². The standard InChI is InChI=1S/C26H21N3O5/c30-24(17-34-22-12-5-11-21(16-22)29-26(32)23-13-6-14-33-23)27-19-9-4-10-20(15-19)28-25(31)18-7-2-1-3-8-18/h1-16H,17H2,(H,27,30)(H,28,31)(H,29,32). The number of nitrogens with one attached hydrogen (secondary N) is 3. The van der Waals surface area contributed by atoms with E-state index in [1.807, 2.05) is 6.07 Å². The molecule has 0 radical (unpaired) electrons. The van der Waals surface area contributed by atoms with Crippen molar-refractivity contribution in [2.75, 3.05) is 22.6 Å². The molecule has 0 aliphatic carbocycles. The highest BCUT2D eigenvalue weighted by Gasteiger charge is 2.10. The zero-order chi connectivity index (χ0) is 23.8. The van der Waals surface area contributed by atoms with Crippen LogP contribution in [0.15, 0.2) is 102 Å². The Hall–Kier alpha value is -4.85. The number of hydrogen-bond acceptors (Lipinski definition) is 5. The maximum Gasteiger partial charge on any atom is 0.291 e. The van der Waals surface area contributed by atoms with Gasteiger partial charge >= 0.3 is 0 Å². The van der Waals surface area contributed by atoms with Crippen molar-refractivity contribution in [3.8, 4) is 5.75 Å². The van der Waals surface area contributed by atoms with Crippen LogP contribution in [0.1, 0.15) is 20.9 Å². The number of benzene rings is 3. The third-order valence-electron chi connectivity index (χ3n) is 4.65. The summed E-state index contributed by atoms with van der Waals surface area (Å²) in [7, 11) is 0. The fraction of sp³-hybridized carbons (Fsp3) is 0.0385. The van der Waals surface area contributed by atoms with E-state index in [1.54, 1.807) is 84.9 Å². The Balaban J connectivity index is 1.30. The van der Waals surface area contributed by atoms with Crippen LogP contribution in [0.2, 0.25) is 0 Å². The normalized spacial score (nSPS) is 10.2. The van der Waals surface area contributed by atoms with E-state index < -0.39 is 0 Å². The van der Waals surface area contributed by atoms with Crippen LogP contribution in [0.25, 0.3) is 0 Å². The van der Waals surface area contributed by atoms with Crippen LogP contribution in [0.3, 0.4) is 0 Å². The molecule has 8 nitrogen and oxygen atoms in total. The minimum atomic E-state index is -0.390. The second-order valence-corrected chi connectivity index (χ2v) is 7.20. The largest absolute Gasteiger partial charge is 0.484 e. The molecule has 0 unspecified atom stereocenters. The van der Waals surface area contributed by atoms with Gasteiger partial charge in [-0.15, -0.1) is 0 Å². The van der Waals surface area contributed by atoms with Gasteiger partial charge < -0.3 is 25.1 Å². The SMILES string of the molecule is O=C(COc1cccc(NC(=O)c2ccco2)c1)Nc1cccc(NC(=O)c2ccccc2)c1. The average Bonchev–Trinajstić information content (AvgIpc) is 3.39. The van der Waals surface area contributed by atoms with Crippen molar-refractivity contribution in [3.05, 3.63) is 109 Å². The Labute approximate surface area is 195 Å². The van der Waals surface area contributed by atoms with E-state index in [1.165, 1.54) is 6.26 Å². The minimum Gasteiger partial charge on any atom is -0.484 e. The molecule has 0 aliphatic heterocycles. The highest BCUT2D eigenvalue weighted by atomic mass is 16.5. The molecule has 3 aromatic carbocycles. The molecule has 1 aromatic heterocycles. The molecule has 170 valence electrons. The first-order valence-electron chi connectivity index (χ1n) is 10.4. The van der Waals surface area contributed by atoms with E-state index in [-0.39, 0.29) is 30.1 Å². The zero-order valence-electron chi connectivity index (χ0n) is 18.0. The molecule has 34 heavy (non-hydrogen) atoms. The molecule has 1 heterocycles. The monoisotopic (exact) mass is 455 g/mol. The third-order valence-corrected chi connectivity index (χ3v) is 4.65. The highest BCUT2D eigenvalue weighted by Crippen LogP contribution is 2.19. The lowest BCUT2D eigenvalue weighted by Gasteiger charge is -2.11. The summed E-state index contributed by atoms with van der Waals surface area (Å²) in [6, 6.07) is 25.5. The molecule has 4 rings (SSSR count). The third kappa shape index (κ3) is 6.10. The minimum absolute atomic E-state index is 0.188. The molecule has 0 spiro atoms. The molecule has 0 fully saturated rings. The van der Waals surface area contributed by atoms with Gasteiger partial charge in [0.15, 0.2) is 12.4 Å². The van der Waals surface area contributed by atoms with Crippen molar-refractivity contribution in [2.24, 2.45) is 0 Å². The predicted molar refractivity (Wildman–Crippen MR) is 128 cm³/mol. The lowest BCUT2D eigenvalue weighted by atomic mass is 10.2. The van der Waals surface area contributed by atoms with E-state index in [0.29, 0.717) is 28.4 Å². The number of carbonyl (C=O) groups excluding carboxylic acids is 3. The summed E-state index contributed by atoms with van der Waals surface area (Å²) in [5, 5.41) is 8.23.